The lowest BCUT2D eigenvalue weighted by Gasteiger charge is -2.40. The zero-order valence-electron chi connectivity index (χ0n) is 9.92. The maximum atomic E-state index is 5.62. The number of nitrogens with one attached hydrogen (secondary N) is 1. The van der Waals surface area contributed by atoms with E-state index in [2.05, 4.69) is 31.0 Å². The van der Waals surface area contributed by atoms with E-state index in [1.807, 2.05) is 7.05 Å². The first kappa shape index (κ1) is 12.0. The van der Waals surface area contributed by atoms with Gasteiger partial charge < -0.3 is 10.1 Å². The van der Waals surface area contributed by atoms with Crippen LogP contribution in [0.1, 0.15) is 27.2 Å². The summed E-state index contributed by atoms with van der Waals surface area (Å²) < 4.78 is 5.62. The molecule has 3 heteroatoms. The number of hydrogen-bond donors (Lipinski definition) is 1. The maximum Gasteiger partial charge on any atom is 0.0674 e. The Hall–Kier alpha value is -0.120. The Kier molecular flexibility index (Phi) is 4.85. The van der Waals surface area contributed by atoms with Gasteiger partial charge in [0.15, 0.2) is 0 Å². The van der Waals surface area contributed by atoms with Crippen LogP contribution in [-0.2, 0) is 4.74 Å². The molecule has 1 rings (SSSR count). The molecule has 1 heterocycles. The van der Waals surface area contributed by atoms with Crippen molar-refractivity contribution in [3.63, 3.8) is 0 Å². The smallest absolute Gasteiger partial charge is 0.0674 e. The van der Waals surface area contributed by atoms with Crippen molar-refractivity contribution >= 4 is 0 Å². The molecular weight excluding hydrogens is 176 g/mol. The molecule has 1 aliphatic heterocycles. The Balaban J connectivity index is 2.38. The molecule has 0 bridgehead atoms. The van der Waals surface area contributed by atoms with E-state index in [1.54, 1.807) is 0 Å². The summed E-state index contributed by atoms with van der Waals surface area (Å²) in [5.74, 6) is 0. The third-order valence-corrected chi connectivity index (χ3v) is 3.03. The van der Waals surface area contributed by atoms with Gasteiger partial charge in [-0.2, -0.15) is 0 Å². The summed E-state index contributed by atoms with van der Waals surface area (Å²) in [7, 11) is 2.01. The fourth-order valence-corrected chi connectivity index (χ4v) is 2.06. The monoisotopic (exact) mass is 200 g/mol. The molecule has 0 aromatic rings. The second-order valence-corrected chi connectivity index (χ2v) is 4.43. The van der Waals surface area contributed by atoms with Gasteiger partial charge in [0.2, 0.25) is 0 Å². The minimum Gasteiger partial charge on any atom is -0.376 e. The van der Waals surface area contributed by atoms with Crippen LogP contribution in [0.5, 0.6) is 0 Å². The first-order valence-electron chi connectivity index (χ1n) is 5.67. The predicted molar refractivity (Wildman–Crippen MR) is 59.6 cm³/mol. The first-order chi connectivity index (χ1) is 6.65. The van der Waals surface area contributed by atoms with E-state index in [9.17, 15) is 0 Å². The Labute approximate surface area is 87.8 Å². The lowest BCUT2D eigenvalue weighted by Crippen LogP contribution is -2.51. The fraction of sp³-hybridized carbons (Fsp3) is 1.00. The summed E-state index contributed by atoms with van der Waals surface area (Å²) in [4.78, 5) is 2.56. The molecule has 0 spiro atoms. The van der Waals surface area contributed by atoms with Crippen molar-refractivity contribution in [3.05, 3.63) is 0 Å². The minimum absolute atomic E-state index is 0.392. The molecule has 0 aliphatic carbocycles. The van der Waals surface area contributed by atoms with Crippen LogP contribution in [0.2, 0.25) is 0 Å². The van der Waals surface area contributed by atoms with Crippen molar-refractivity contribution < 1.29 is 4.74 Å². The highest BCUT2D eigenvalue weighted by molar-refractivity contribution is 4.79. The Morgan fingerprint density at radius 2 is 2.21 bits per heavy atom. The van der Waals surface area contributed by atoms with Gasteiger partial charge in [-0.15, -0.1) is 0 Å². The van der Waals surface area contributed by atoms with Gasteiger partial charge in [-0.1, -0.05) is 0 Å². The summed E-state index contributed by atoms with van der Waals surface area (Å²) in [5, 5.41) is 3.21. The number of nitrogens with zero attached hydrogens (tertiary/aromatic N) is 1. The third-order valence-electron chi connectivity index (χ3n) is 3.03. The normalized spacial score (nSPS) is 31.7. The van der Waals surface area contributed by atoms with Gasteiger partial charge in [-0.05, 0) is 40.8 Å². The standard InChI is InChI=1S/C11H24N2O/c1-9(5-6-12-4)13-7-11(3)14-8-10(13)2/h9-12H,5-8H2,1-4H3. The molecule has 1 N–H and O–H groups in total. The molecule has 3 unspecified atom stereocenters. The SMILES string of the molecule is CNCCC(C)N1CC(C)OCC1C. The molecule has 0 aromatic heterocycles. The van der Waals surface area contributed by atoms with Crippen LogP contribution in [0.25, 0.3) is 0 Å². The molecule has 3 nitrogen and oxygen atoms in total. The van der Waals surface area contributed by atoms with Crippen LogP contribution >= 0.6 is 0 Å². The number of rotatable bonds is 4. The Morgan fingerprint density at radius 3 is 2.86 bits per heavy atom. The van der Waals surface area contributed by atoms with E-state index < -0.39 is 0 Å². The molecule has 14 heavy (non-hydrogen) atoms. The highest BCUT2D eigenvalue weighted by Crippen LogP contribution is 2.16. The van der Waals surface area contributed by atoms with Gasteiger partial charge in [0.25, 0.3) is 0 Å². The molecule has 0 radical (unpaired) electrons. The molecule has 0 amide bonds. The summed E-state index contributed by atoms with van der Waals surface area (Å²) in [5.41, 5.74) is 0. The second kappa shape index (κ2) is 5.69. The van der Waals surface area contributed by atoms with E-state index in [-0.39, 0.29) is 0 Å². The van der Waals surface area contributed by atoms with Crippen LogP contribution in [-0.4, -0.2) is 49.8 Å². The fourth-order valence-electron chi connectivity index (χ4n) is 2.06. The van der Waals surface area contributed by atoms with Gasteiger partial charge in [-0.25, -0.2) is 0 Å². The highest BCUT2D eigenvalue weighted by atomic mass is 16.5. The predicted octanol–water partition coefficient (Wildman–Crippen LogP) is 1.09. The molecule has 0 aromatic carbocycles. The van der Waals surface area contributed by atoms with Crippen molar-refractivity contribution in [2.45, 2.75) is 45.4 Å². The van der Waals surface area contributed by atoms with Gasteiger partial charge in [0.1, 0.15) is 0 Å². The molecule has 3 atom stereocenters. The molecule has 1 aliphatic rings. The second-order valence-electron chi connectivity index (χ2n) is 4.43. The topological polar surface area (TPSA) is 24.5 Å². The number of ether oxygens (including phenoxy) is 1. The summed E-state index contributed by atoms with van der Waals surface area (Å²) in [6.07, 6.45) is 1.61. The van der Waals surface area contributed by atoms with Crippen LogP contribution in [0.15, 0.2) is 0 Å². The zero-order chi connectivity index (χ0) is 10.6. The molecule has 0 saturated carbocycles. The van der Waals surface area contributed by atoms with E-state index in [1.165, 1.54) is 6.42 Å². The lowest BCUT2D eigenvalue weighted by molar-refractivity contribution is -0.0642. The quantitative estimate of drug-likeness (QED) is 0.735. The minimum atomic E-state index is 0.392. The average Bonchev–Trinajstić information content (AvgIpc) is 2.18. The van der Waals surface area contributed by atoms with Gasteiger partial charge in [0.05, 0.1) is 12.7 Å². The van der Waals surface area contributed by atoms with Crippen LogP contribution in [0, 0.1) is 0 Å². The van der Waals surface area contributed by atoms with Crippen LogP contribution in [0.4, 0.5) is 0 Å². The Bertz CT molecular complexity index is 163. The van der Waals surface area contributed by atoms with Crippen molar-refractivity contribution in [2.24, 2.45) is 0 Å². The molecule has 1 fully saturated rings. The van der Waals surface area contributed by atoms with Crippen LogP contribution in [0.3, 0.4) is 0 Å². The molecular formula is C11H24N2O. The summed E-state index contributed by atoms with van der Waals surface area (Å²) >= 11 is 0. The average molecular weight is 200 g/mol. The van der Waals surface area contributed by atoms with E-state index in [0.717, 1.165) is 19.7 Å². The van der Waals surface area contributed by atoms with Gasteiger partial charge >= 0.3 is 0 Å². The van der Waals surface area contributed by atoms with Crippen molar-refractivity contribution in [2.75, 3.05) is 26.7 Å². The van der Waals surface area contributed by atoms with Crippen LogP contribution < -0.4 is 5.32 Å². The zero-order valence-corrected chi connectivity index (χ0v) is 9.92. The summed E-state index contributed by atoms with van der Waals surface area (Å²) in [6, 6.07) is 1.22. The number of morpholine rings is 1. The number of hydrogen-bond acceptors (Lipinski definition) is 3. The largest absolute Gasteiger partial charge is 0.376 e. The third kappa shape index (κ3) is 3.23. The summed E-state index contributed by atoms with van der Waals surface area (Å²) in [6.45, 7) is 9.77. The molecule has 1 saturated heterocycles. The van der Waals surface area contributed by atoms with Gasteiger partial charge in [-0.3, -0.25) is 4.90 Å². The van der Waals surface area contributed by atoms with E-state index in [0.29, 0.717) is 18.2 Å². The highest BCUT2D eigenvalue weighted by Gasteiger charge is 2.26. The van der Waals surface area contributed by atoms with E-state index in [4.69, 9.17) is 4.74 Å². The van der Waals surface area contributed by atoms with E-state index >= 15 is 0 Å². The van der Waals surface area contributed by atoms with Crippen molar-refractivity contribution in [3.8, 4) is 0 Å². The Morgan fingerprint density at radius 1 is 1.50 bits per heavy atom. The van der Waals surface area contributed by atoms with Crippen molar-refractivity contribution in [1.29, 1.82) is 0 Å². The van der Waals surface area contributed by atoms with Gasteiger partial charge in [0, 0.05) is 18.6 Å². The van der Waals surface area contributed by atoms with Crippen molar-refractivity contribution in [1.82, 2.24) is 10.2 Å². The maximum absolute atomic E-state index is 5.62. The first-order valence-corrected chi connectivity index (χ1v) is 5.67. The lowest BCUT2D eigenvalue weighted by atomic mass is 10.1. The molecule has 84 valence electrons.